The smallest absolute Gasteiger partial charge is 0.133 e. The summed E-state index contributed by atoms with van der Waals surface area (Å²) in [6.45, 7) is 7.20. The van der Waals surface area contributed by atoms with Gasteiger partial charge >= 0.3 is 0 Å². The first-order valence-corrected chi connectivity index (χ1v) is 8.33. The Morgan fingerprint density at radius 1 is 1.21 bits per heavy atom. The second kappa shape index (κ2) is 7.79. The average molecular weight is 331 g/mol. The number of ether oxygens (including phenoxy) is 1. The Balaban J connectivity index is 1.47. The summed E-state index contributed by atoms with van der Waals surface area (Å²) >= 11 is 0. The number of nitrogens with zero attached hydrogens (tertiary/aromatic N) is 3. The van der Waals surface area contributed by atoms with Gasteiger partial charge in [-0.05, 0) is 24.6 Å². The summed E-state index contributed by atoms with van der Waals surface area (Å²) in [5.41, 5.74) is 1.88. The summed E-state index contributed by atoms with van der Waals surface area (Å²) in [4.78, 5) is 4.67. The summed E-state index contributed by atoms with van der Waals surface area (Å²) < 4.78 is 10.3. The van der Waals surface area contributed by atoms with Crippen LogP contribution in [0.4, 0.5) is 0 Å². The van der Waals surface area contributed by atoms with Crippen molar-refractivity contribution in [3.05, 3.63) is 47.3 Å². The monoisotopic (exact) mass is 331 g/mol. The van der Waals surface area contributed by atoms with E-state index in [-0.39, 0.29) is 0 Å². The number of aryl methyl sites for hydroxylation is 1. The SMILES string of the molecule is COc1cccc(C(O)CN2CCN(Cc3cc(C)on3)CC2)c1. The number of aliphatic hydroxyl groups is 1. The summed E-state index contributed by atoms with van der Waals surface area (Å²) in [5.74, 6) is 1.63. The molecule has 1 atom stereocenters. The van der Waals surface area contributed by atoms with E-state index in [0.29, 0.717) is 6.54 Å². The number of hydrogen-bond acceptors (Lipinski definition) is 6. The molecule has 0 saturated carbocycles. The summed E-state index contributed by atoms with van der Waals surface area (Å²) in [5, 5.41) is 14.5. The lowest BCUT2D eigenvalue weighted by Gasteiger charge is -2.35. The number of β-amino-alcohol motifs (C(OH)–C–C–N with tert-alkyl or cyclic N) is 1. The number of benzene rings is 1. The van der Waals surface area contributed by atoms with Crippen molar-refractivity contribution >= 4 is 0 Å². The van der Waals surface area contributed by atoms with Crippen LogP contribution in [0.25, 0.3) is 0 Å². The predicted molar refractivity (Wildman–Crippen MR) is 90.9 cm³/mol. The van der Waals surface area contributed by atoms with Gasteiger partial charge in [-0.25, -0.2) is 0 Å². The fraction of sp³-hybridized carbons (Fsp3) is 0.500. The van der Waals surface area contributed by atoms with Gasteiger partial charge in [0.25, 0.3) is 0 Å². The standard InChI is InChI=1S/C18H25N3O3/c1-14-10-16(19-24-14)12-20-6-8-21(9-7-20)13-18(22)15-4-3-5-17(11-15)23-2/h3-5,10-11,18,22H,6-9,12-13H2,1-2H3. The molecule has 2 heterocycles. The average Bonchev–Trinajstić information content (AvgIpc) is 3.01. The molecule has 130 valence electrons. The maximum Gasteiger partial charge on any atom is 0.133 e. The minimum absolute atomic E-state index is 0.496. The van der Waals surface area contributed by atoms with Crippen molar-refractivity contribution in [2.75, 3.05) is 39.8 Å². The van der Waals surface area contributed by atoms with Crippen LogP contribution in [0.5, 0.6) is 5.75 Å². The third kappa shape index (κ3) is 4.35. The van der Waals surface area contributed by atoms with Crippen molar-refractivity contribution in [1.82, 2.24) is 15.0 Å². The largest absolute Gasteiger partial charge is 0.497 e. The van der Waals surface area contributed by atoms with Crippen LogP contribution >= 0.6 is 0 Å². The molecule has 0 aliphatic carbocycles. The van der Waals surface area contributed by atoms with Crippen LogP contribution in [0.1, 0.15) is 23.1 Å². The van der Waals surface area contributed by atoms with E-state index in [0.717, 1.165) is 55.5 Å². The molecule has 1 fully saturated rings. The van der Waals surface area contributed by atoms with Crippen LogP contribution < -0.4 is 4.74 Å². The lowest BCUT2D eigenvalue weighted by molar-refractivity contribution is 0.0692. The van der Waals surface area contributed by atoms with Gasteiger partial charge in [-0.3, -0.25) is 9.80 Å². The topological polar surface area (TPSA) is 62.0 Å². The van der Waals surface area contributed by atoms with Crippen molar-refractivity contribution in [2.45, 2.75) is 19.6 Å². The van der Waals surface area contributed by atoms with E-state index in [1.807, 2.05) is 37.3 Å². The zero-order chi connectivity index (χ0) is 16.9. The number of aliphatic hydroxyl groups excluding tert-OH is 1. The third-order valence-corrected chi connectivity index (χ3v) is 4.44. The Kier molecular flexibility index (Phi) is 5.50. The highest BCUT2D eigenvalue weighted by Gasteiger charge is 2.21. The maximum absolute atomic E-state index is 10.5. The lowest BCUT2D eigenvalue weighted by Crippen LogP contribution is -2.47. The molecule has 1 saturated heterocycles. The van der Waals surface area contributed by atoms with Crippen molar-refractivity contribution in [3.8, 4) is 5.75 Å². The number of hydrogen-bond donors (Lipinski definition) is 1. The van der Waals surface area contributed by atoms with Gasteiger partial charge in [0.1, 0.15) is 11.5 Å². The van der Waals surface area contributed by atoms with E-state index in [2.05, 4.69) is 15.0 Å². The van der Waals surface area contributed by atoms with Crippen molar-refractivity contribution < 1.29 is 14.4 Å². The summed E-state index contributed by atoms with van der Waals surface area (Å²) in [7, 11) is 1.64. The minimum Gasteiger partial charge on any atom is -0.497 e. The van der Waals surface area contributed by atoms with Gasteiger partial charge in [-0.15, -0.1) is 0 Å². The van der Waals surface area contributed by atoms with E-state index in [4.69, 9.17) is 9.26 Å². The third-order valence-electron chi connectivity index (χ3n) is 4.44. The number of rotatable bonds is 6. The fourth-order valence-electron chi connectivity index (χ4n) is 3.05. The molecule has 0 bridgehead atoms. The van der Waals surface area contributed by atoms with Gasteiger partial charge in [0.15, 0.2) is 0 Å². The molecule has 3 rings (SSSR count). The Morgan fingerprint density at radius 3 is 2.62 bits per heavy atom. The van der Waals surface area contributed by atoms with Crippen LogP contribution in [0.2, 0.25) is 0 Å². The van der Waals surface area contributed by atoms with E-state index < -0.39 is 6.10 Å². The van der Waals surface area contributed by atoms with Crippen LogP contribution in [-0.4, -0.2) is 59.9 Å². The highest BCUT2D eigenvalue weighted by atomic mass is 16.5. The summed E-state index contributed by atoms with van der Waals surface area (Å²) in [6, 6.07) is 9.62. The van der Waals surface area contributed by atoms with Gasteiger partial charge in [0, 0.05) is 45.3 Å². The highest BCUT2D eigenvalue weighted by molar-refractivity contribution is 5.29. The molecule has 0 spiro atoms. The van der Waals surface area contributed by atoms with Gasteiger partial charge < -0.3 is 14.4 Å². The van der Waals surface area contributed by atoms with Crippen LogP contribution in [0.15, 0.2) is 34.9 Å². The molecule has 0 amide bonds. The molecule has 6 heteroatoms. The Bertz CT molecular complexity index is 650. The second-order valence-electron chi connectivity index (χ2n) is 6.30. The molecule has 0 radical (unpaired) electrons. The highest BCUT2D eigenvalue weighted by Crippen LogP contribution is 2.20. The van der Waals surface area contributed by atoms with E-state index in [1.165, 1.54) is 0 Å². The molecule has 2 aromatic rings. The van der Waals surface area contributed by atoms with E-state index >= 15 is 0 Å². The van der Waals surface area contributed by atoms with E-state index in [1.54, 1.807) is 7.11 Å². The molecule has 1 aliphatic heterocycles. The molecule has 6 nitrogen and oxygen atoms in total. The van der Waals surface area contributed by atoms with Gasteiger partial charge in [-0.1, -0.05) is 17.3 Å². The molecule has 24 heavy (non-hydrogen) atoms. The molecular formula is C18H25N3O3. The molecule has 1 N–H and O–H groups in total. The number of methoxy groups -OCH3 is 1. The van der Waals surface area contributed by atoms with Crippen molar-refractivity contribution in [2.24, 2.45) is 0 Å². The van der Waals surface area contributed by atoms with Crippen LogP contribution in [0.3, 0.4) is 0 Å². The molecule has 1 aliphatic rings. The van der Waals surface area contributed by atoms with Gasteiger partial charge in [0.05, 0.1) is 18.9 Å². The lowest BCUT2D eigenvalue weighted by atomic mass is 10.1. The fourth-order valence-corrected chi connectivity index (χ4v) is 3.05. The molecule has 1 aromatic heterocycles. The normalized spacial score (nSPS) is 17.8. The Labute approximate surface area is 142 Å². The predicted octanol–water partition coefficient (Wildman–Crippen LogP) is 1.84. The first-order valence-electron chi connectivity index (χ1n) is 8.33. The summed E-state index contributed by atoms with van der Waals surface area (Å²) in [6.07, 6.45) is -0.496. The Morgan fingerprint density at radius 2 is 1.96 bits per heavy atom. The zero-order valence-electron chi connectivity index (χ0n) is 14.3. The molecule has 1 aromatic carbocycles. The zero-order valence-corrected chi connectivity index (χ0v) is 14.3. The first-order chi connectivity index (χ1) is 11.6. The van der Waals surface area contributed by atoms with Crippen LogP contribution in [-0.2, 0) is 6.54 Å². The number of aromatic nitrogens is 1. The molecule has 1 unspecified atom stereocenters. The van der Waals surface area contributed by atoms with Gasteiger partial charge in [0.2, 0.25) is 0 Å². The number of piperazine rings is 1. The van der Waals surface area contributed by atoms with Gasteiger partial charge in [-0.2, -0.15) is 0 Å². The van der Waals surface area contributed by atoms with Crippen LogP contribution in [0, 0.1) is 6.92 Å². The minimum atomic E-state index is -0.496. The first kappa shape index (κ1) is 17.0. The Hall–Kier alpha value is -1.89. The second-order valence-corrected chi connectivity index (χ2v) is 6.30. The van der Waals surface area contributed by atoms with E-state index in [9.17, 15) is 5.11 Å². The van der Waals surface area contributed by atoms with Crippen molar-refractivity contribution in [3.63, 3.8) is 0 Å². The quantitative estimate of drug-likeness (QED) is 0.871. The maximum atomic E-state index is 10.5. The van der Waals surface area contributed by atoms with Crippen molar-refractivity contribution in [1.29, 1.82) is 0 Å². The molecular weight excluding hydrogens is 306 g/mol.